The molecular weight excluding hydrogens is 371 g/mol. The Morgan fingerprint density at radius 2 is 1.96 bits per heavy atom. The quantitative estimate of drug-likeness (QED) is 0.585. The molecule has 1 aromatic carbocycles. The summed E-state index contributed by atoms with van der Waals surface area (Å²) in [5.41, 5.74) is -0.613. The molecular formula is C19H23FN2O4S. The lowest BCUT2D eigenvalue weighted by atomic mass is 9.78. The van der Waals surface area contributed by atoms with Gasteiger partial charge in [0.1, 0.15) is 11.4 Å². The topological polar surface area (TPSA) is 75.7 Å². The summed E-state index contributed by atoms with van der Waals surface area (Å²) < 4.78 is 18.7. The molecule has 0 aliphatic carbocycles. The number of nitrogens with zero attached hydrogens (tertiary/aromatic N) is 1. The molecule has 1 aromatic rings. The van der Waals surface area contributed by atoms with Crippen molar-refractivity contribution >= 4 is 29.5 Å². The van der Waals surface area contributed by atoms with E-state index >= 15 is 0 Å². The fraction of sp³-hybridized carbons (Fsp3) is 0.526. The van der Waals surface area contributed by atoms with Crippen LogP contribution in [0.4, 0.5) is 4.39 Å². The van der Waals surface area contributed by atoms with E-state index in [1.165, 1.54) is 19.2 Å². The standard InChI is InChI=1S/C19H23FN2O4S/c1-4-26-18(25)19(9-10-27-3)14-13(16(23)22(2)17(14)24)15(21-19)11-5-7-12(20)8-6-11/h5-8,13-15,21H,4,9-10H2,1-3H3/t13-,14-,15-,19+/m0/s1. The number of rotatable bonds is 6. The number of hydrogen-bond acceptors (Lipinski definition) is 6. The van der Waals surface area contributed by atoms with Crippen LogP contribution in [0.2, 0.25) is 0 Å². The summed E-state index contributed by atoms with van der Waals surface area (Å²) >= 11 is 1.55. The Hall–Kier alpha value is -1.93. The zero-order valence-corrected chi connectivity index (χ0v) is 16.3. The Labute approximate surface area is 161 Å². The Morgan fingerprint density at radius 1 is 1.30 bits per heavy atom. The lowest BCUT2D eigenvalue weighted by Gasteiger charge is -2.32. The van der Waals surface area contributed by atoms with Gasteiger partial charge < -0.3 is 4.74 Å². The summed E-state index contributed by atoms with van der Waals surface area (Å²) in [6.45, 7) is 1.88. The second-order valence-electron chi connectivity index (χ2n) is 6.85. The van der Waals surface area contributed by atoms with Crippen LogP contribution in [-0.2, 0) is 19.1 Å². The molecule has 27 heavy (non-hydrogen) atoms. The van der Waals surface area contributed by atoms with E-state index in [-0.39, 0.29) is 18.4 Å². The van der Waals surface area contributed by atoms with Crippen LogP contribution in [-0.4, -0.2) is 53.9 Å². The number of thioether (sulfide) groups is 1. The predicted octanol–water partition coefficient (Wildman–Crippen LogP) is 1.76. The number of likely N-dealkylation sites (tertiary alicyclic amines) is 1. The zero-order chi connectivity index (χ0) is 19.8. The number of fused-ring (bicyclic) bond motifs is 1. The number of carbonyl (C=O) groups excluding carboxylic acids is 3. The van der Waals surface area contributed by atoms with Crippen molar-refractivity contribution in [2.75, 3.05) is 25.7 Å². The zero-order valence-electron chi connectivity index (χ0n) is 15.5. The van der Waals surface area contributed by atoms with Crippen molar-refractivity contribution in [1.29, 1.82) is 0 Å². The summed E-state index contributed by atoms with van der Waals surface area (Å²) in [5, 5.41) is 3.26. The fourth-order valence-electron chi connectivity index (χ4n) is 4.15. The van der Waals surface area contributed by atoms with Gasteiger partial charge in [0.05, 0.1) is 18.4 Å². The van der Waals surface area contributed by atoms with Gasteiger partial charge in [0, 0.05) is 13.1 Å². The number of benzene rings is 1. The molecule has 0 bridgehead atoms. The normalized spacial score (nSPS) is 29.9. The maximum atomic E-state index is 13.4. The first-order valence-corrected chi connectivity index (χ1v) is 10.3. The van der Waals surface area contributed by atoms with Crippen LogP contribution in [0.25, 0.3) is 0 Å². The van der Waals surface area contributed by atoms with Gasteiger partial charge in [-0.1, -0.05) is 12.1 Å². The molecule has 2 aliphatic rings. The van der Waals surface area contributed by atoms with Crippen molar-refractivity contribution in [1.82, 2.24) is 10.2 Å². The van der Waals surface area contributed by atoms with Crippen LogP contribution in [0.15, 0.2) is 24.3 Å². The molecule has 3 rings (SSSR count). The third kappa shape index (κ3) is 3.14. The molecule has 0 aromatic heterocycles. The maximum Gasteiger partial charge on any atom is 0.327 e. The second-order valence-corrected chi connectivity index (χ2v) is 7.83. The lowest BCUT2D eigenvalue weighted by Crippen LogP contribution is -2.56. The first-order valence-electron chi connectivity index (χ1n) is 8.88. The van der Waals surface area contributed by atoms with E-state index in [1.807, 2.05) is 6.26 Å². The number of nitrogens with one attached hydrogen (secondary N) is 1. The molecule has 8 heteroatoms. The summed E-state index contributed by atoms with van der Waals surface area (Å²) in [4.78, 5) is 39.8. The van der Waals surface area contributed by atoms with Gasteiger partial charge in [-0.05, 0) is 43.0 Å². The van der Waals surface area contributed by atoms with E-state index in [1.54, 1.807) is 30.8 Å². The number of amides is 2. The first kappa shape index (κ1) is 19.8. The van der Waals surface area contributed by atoms with Crippen molar-refractivity contribution < 1.29 is 23.5 Å². The molecule has 4 atom stereocenters. The Balaban J connectivity index is 2.10. The highest BCUT2D eigenvalue weighted by Gasteiger charge is 2.67. The van der Waals surface area contributed by atoms with E-state index < -0.39 is 35.2 Å². The highest BCUT2D eigenvalue weighted by atomic mass is 32.2. The summed E-state index contributed by atoms with van der Waals surface area (Å²) in [7, 11) is 1.44. The molecule has 2 fully saturated rings. The molecule has 0 saturated carbocycles. The second kappa shape index (κ2) is 7.59. The number of ether oxygens (including phenoxy) is 1. The van der Waals surface area contributed by atoms with E-state index in [2.05, 4.69) is 5.32 Å². The van der Waals surface area contributed by atoms with Crippen LogP contribution in [0, 0.1) is 17.7 Å². The molecule has 2 amide bonds. The predicted molar refractivity (Wildman–Crippen MR) is 99.4 cm³/mol. The average molecular weight is 394 g/mol. The number of carbonyl (C=O) groups is 3. The number of hydrogen-bond donors (Lipinski definition) is 1. The van der Waals surface area contributed by atoms with Gasteiger partial charge >= 0.3 is 5.97 Å². The highest BCUT2D eigenvalue weighted by molar-refractivity contribution is 7.98. The molecule has 0 unspecified atom stereocenters. The highest BCUT2D eigenvalue weighted by Crippen LogP contribution is 2.50. The van der Waals surface area contributed by atoms with E-state index in [0.29, 0.717) is 17.7 Å². The van der Waals surface area contributed by atoms with E-state index in [9.17, 15) is 18.8 Å². The minimum absolute atomic E-state index is 0.179. The summed E-state index contributed by atoms with van der Waals surface area (Å²) in [6.07, 6.45) is 2.27. The maximum absolute atomic E-state index is 13.4. The van der Waals surface area contributed by atoms with Gasteiger partial charge in [-0.2, -0.15) is 11.8 Å². The molecule has 0 radical (unpaired) electrons. The fourth-order valence-corrected chi connectivity index (χ4v) is 4.67. The van der Waals surface area contributed by atoms with Gasteiger partial charge in [-0.25, -0.2) is 4.39 Å². The van der Waals surface area contributed by atoms with Crippen molar-refractivity contribution in [2.45, 2.75) is 24.9 Å². The van der Waals surface area contributed by atoms with Crippen LogP contribution >= 0.6 is 11.8 Å². The molecule has 1 N–H and O–H groups in total. The number of imide groups is 1. The Bertz CT molecular complexity index is 757. The third-order valence-electron chi connectivity index (χ3n) is 5.44. The van der Waals surface area contributed by atoms with Crippen LogP contribution < -0.4 is 5.32 Å². The molecule has 0 spiro atoms. The van der Waals surface area contributed by atoms with Gasteiger partial charge in [0.2, 0.25) is 11.8 Å². The summed E-state index contributed by atoms with van der Waals surface area (Å²) in [6, 6.07) is 5.21. The van der Waals surface area contributed by atoms with E-state index in [4.69, 9.17) is 4.74 Å². The molecule has 146 valence electrons. The van der Waals surface area contributed by atoms with Crippen molar-refractivity contribution in [3.8, 4) is 0 Å². The average Bonchev–Trinajstić information content (AvgIpc) is 3.11. The third-order valence-corrected chi connectivity index (χ3v) is 6.06. The minimum atomic E-state index is -1.28. The molecule has 2 heterocycles. The Kier molecular flexibility index (Phi) is 5.58. The molecule has 2 aliphatic heterocycles. The molecule has 6 nitrogen and oxygen atoms in total. The number of esters is 1. The van der Waals surface area contributed by atoms with Crippen LogP contribution in [0.3, 0.4) is 0 Å². The largest absolute Gasteiger partial charge is 0.465 e. The van der Waals surface area contributed by atoms with Gasteiger partial charge in [-0.3, -0.25) is 24.6 Å². The van der Waals surface area contributed by atoms with Gasteiger partial charge in [-0.15, -0.1) is 0 Å². The first-order chi connectivity index (χ1) is 12.9. The van der Waals surface area contributed by atoms with Crippen molar-refractivity contribution in [3.63, 3.8) is 0 Å². The van der Waals surface area contributed by atoms with Crippen molar-refractivity contribution in [2.24, 2.45) is 11.8 Å². The lowest BCUT2D eigenvalue weighted by molar-refractivity contribution is -0.156. The minimum Gasteiger partial charge on any atom is -0.465 e. The SMILES string of the molecule is CCOC(=O)[C@]1(CCSC)N[C@@H](c2ccc(F)cc2)[C@H]2C(=O)N(C)C(=O)[C@H]21. The summed E-state index contributed by atoms with van der Waals surface area (Å²) in [5.74, 6) is -2.56. The number of halogens is 1. The van der Waals surface area contributed by atoms with Crippen LogP contribution in [0.1, 0.15) is 24.9 Å². The monoisotopic (exact) mass is 394 g/mol. The van der Waals surface area contributed by atoms with E-state index in [0.717, 1.165) is 4.90 Å². The van der Waals surface area contributed by atoms with Crippen LogP contribution in [0.5, 0.6) is 0 Å². The Morgan fingerprint density at radius 3 is 2.56 bits per heavy atom. The smallest absolute Gasteiger partial charge is 0.327 e. The molecule has 2 saturated heterocycles. The van der Waals surface area contributed by atoms with Gasteiger partial charge in [0.25, 0.3) is 0 Å². The van der Waals surface area contributed by atoms with Crippen molar-refractivity contribution in [3.05, 3.63) is 35.6 Å². The van der Waals surface area contributed by atoms with Gasteiger partial charge in [0.15, 0.2) is 0 Å².